The van der Waals surface area contributed by atoms with Gasteiger partial charge in [0.1, 0.15) is 4.90 Å². The number of aromatic nitrogens is 3. The summed E-state index contributed by atoms with van der Waals surface area (Å²) >= 11 is 0. The van der Waals surface area contributed by atoms with E-state index in [1.807, 2.05) is 0 Å². The Hall–Kier alpha value is -2.86. The average Bonchev–Trinajstić information content (AvgIpc) is 3.12. The number of anilines is 2. The Morgan fingerprint density at radius 3 is 2.11 bits per heavy atom. The Bertz CT molecular complexity index is 1220. The molecule has 150 valence electrons. The minimum Gasteiger partial charge on any atom is -0.337 e. The number of hydrogen-bond donors (Lipinski definition) is 2. The molecule has 0 fully saturated rings. The molecule has 3 rings (SSSR count). The average molecular weight is 425 g/mol. The van der Waals surface area contributed by atoms with Gasteiger partial charge in [0.25, 0.3) is 20.0 Å². The van der Waals surface area contributed by atoms with Crippen LogP contribution >= 0.6 is 0 Å². The van der Waals surface area contributed by atoms with E-state index in [0.29, 0.717) is 17.0 Å². The van der Waals surface area contributed by atoms with Crippen molar-refractivity contribution in [3.8, 4) is 0 Å². The molecular weight excluding hydrogens is 406 g/mol. The van der Waals surface area contributed by atoms with Crippen molar-refractivity contribution in [2.24, 2.45) is 7.05 Å². The second-order valence-corrected chi connectivity index (χ2v) is 9.51. The van der Waals surface area contributed by atoms with Crippen molar-refractivity contribution < 1.29 is 21.4 Å². The molecule has 10 nitrogen and oxygen atoms in total. The van der Waals surface area contributed by atoms with E-state index in [1.165, 1.54) is 35.1 Å². The molecule has 0 saturated carbocycles. The molecule has 3 aromatic rings. The lowest BCUT2D eigenvalue weighted by atomic mass is 10.3. The molecule has 0 unspecified atom stereocenters. The molecule has 0 amide bonds. The van der Waals surface area contributed by atoms with E-state index < -0.39 is 20.0 Å². The lowest BCUT2D eigenvalue weighted by Crippen LogP contribution is -2.15. The van der Waals surface area contributed by atoms with Gasteiger partial charge in [-0.1, -0.05) is 5.16 Å². The Morgan fingerprint density at radius 2 is 1.61 bits per heavy atom. The first-order valence-electron chi connectivity index (χ1n) is 8.08. The Kier molecular flexibility index (Phi) is 4.93. The molecule has 0 radical (unpaired) electrons. The van der Waals surface area contributed by atoms with Crippen molar-refractivity contribution >= 4 is 31.6 Å². The second kappa shape index (κ2) is 6.95. The van der Waals surface area contributed by atoms with Crippen LogP contribution in [0.15, 0.2) is 44.8 Å². The Labute approximate surface area is 162 Å². The Morgan fingerprint density at radius 1 is 0.964 bits per heavy atom. The smallest absolute Gasteiger partial charge is 0.265 e. The molecule has 28 heavy (non-hydrogen) atoms. The normalized spacial score (nSPS) is 12.1. The van der Waals surface area contributed by atoms with Crippen LogP contribution in [0.4, 0.5) is 11.6 Å². The zero-order chi connectivity index (χ0) is 20.7. The van der Waals surface area contributed by atoms with Gasteiger partial charge in [0.05, 0.1) is 22.5 Å². The molecule has 0 spiro atoms. The van der Waals surface area contributed by atoms with Crippen LogP contribution in [-0.2, 0) is 27.1 Å². The van der Waals surface area contributed by atoms with E-state index in [2.05, 4.69) is 19.7 Å². The number of nitrogens with zero attached hydrogens (tertiary/aromatic N) is 3. The third-order valence-electron chi connectivity index (χ3n) is 4.28. The van der Waals surface area contributed by atoms with E-state index in [1.54, 1.807) is 27.8 Å². The van der Waals surface area contributed by atoms with Crippen LogP contribution in [0.25, 0.3) is 0 Å². The third-order valence-corrected chi connectivity index (χ3v) is 7.11. The van der Waals surface area contributed by atoms with Gasteiger partial charge in [0, 0.05) is 18.3 Å². The van der Waals surface area contributed by atoms with Crippen molar-refractivity contribution in [3.63, 3.8) is 0 Å². The summed E-state index contributed by atoms with van der Waals surface area (Å²) in [6.07, 6.45) is 1.25. The fourth-order valence-electron chi connectivity index (χ4n) is 2.35. The van der Waals surface area contributed by atoms with Gasteiger partial charge in [-0.25, -0.2) is 21.6 Å². The number of hydrogen-bond acceptors (Lipinski definition) is 7. The van der Waals surface area contributed by atoms with Crippen LogP contribution in [0, 0.1) is 20.8 Å². The molecule has 0 bridgehead atoms. The van der Waals surface area contributed by atoms with Gasteiger partial charge in [-0.3, -0.25) is 9.40 Å². The van der Waals surface area contributed by atoms with Gasteiger partial charge in [0.15, 0.2) is 0 Å². The maximum Gasteiger partial charge on any atom is 0.265 e. The first kappa shape index (κ1) is 19.9. The highest BCUT2D eigenvalue weighted by Gasteiger charge is 2.22. The number of sulfonamides is 2. The number of rotatable bonds is 6. The van der Waals surface area contributed by atoms with Gasteiger partial charge in [-0.05, 0) is 45.0 Å². The van der Waals surface area contributed by atoms with Gasteiger partial charge in [-0.2, -0.15) is 5.10 Å². The highest BCUT2D eigenvalue weighted by Crippen LogP contribution is 2.24. The molecule has 0 atom stereocenters. The number of aryl methyl sites for hydroxylation is 2. The van der Waals surface area contributed by atoms with Crippen molar-refractivity contribution in [1.29, 1.82) is 0 Å². The summed E-state index contributed by atoms with van der Waals surface area (Å²) in [4.78, 5) is -0.00834. The molecule has 0 aliphatic heterocycles. The summed E-state index contributed by atoms with van der Waals surface area (Å²) in [5.74, 6) is 0.0364. The summed E-state index contributed by atoms with van der Waals surface area (Å²) in [7, 11) is -6.12. The SMILES string of the molecule is Cc1noc(NS(=O)(=O)c2ccc(NS(=O)(=O)c3cnn(C)c3C)cc2)c1C. The van der Waals surface area contributed by atoms with Crippen LogP contribution in [0.1, 0.15) is 17.0 Å². The van der Waals surface area contributed by atoms with Crippen LogP contribution in [0.5, 0.6) is 0 Å². The van der Waals surface area contributed by atoms with Crippen molar-refractivity contribution in [2.75, 3.05) is 9.44 Å². The topological polar surface area (TPSA) is 136 Å². The van der Waals surface area contributed by atoms with Crippen LogP contribution in [0.2, 0.25) is 0 Å². The molecule has 0 aliphatic rings. The number of benzene rings is 1. The molecule has 0 saturated heterocycles. The van der Waals surface area contributed by atoms with Gasteiger partial charge < -0.3 is 4.52 Å². The zero-order valence-electron chi connectivity index (χ0n) is 15.6. The molecule has 2 heterocycles. The molecule has 0 aliphatic carbocycles. The summed E-state index contributed by atoms with van der Waals surface area (Å²) in [6, 6.07) is 5.29. The minimum absolute atomic E-state index is 0.0364. The molecule has 12 heteroatoms. The molecule has 1 aromatic carbocycles. The van der Waals surface area contributed by atoms with E-state index in [0.717, 1.165) is 0 Å². The summed E-state index contributed by atoms with van der Waals surface area (Å²) in [5.41, 5.74) is 1.86. The number of nitrogens with one attached hydrogen (secondary N) is 2. The fraction of sp³-hybridized carbons (Fsp3) is 0.250. The third kappa shape index (κ3) is 3.73. The van der Waals surface area contributed by atoms with Gasteiger partial charge in [0.2, 0.25) is 5.88 Å². The first-order valence-corrected chi connectivity index (χ1v) is 11.0. The second-order valence-electron chi connectivity index (χ2n) is 6.18. The quantitative estimate of drug-likeness (QED) is 0.616. The standard InChI is InChI=1S/C16H19N5O5S2/c1-10-11(2)18-26-16(10)20-27(22,23)14-7-5-13(6-8-14)19-28(24,25)15-9-17-21(4)12(15)3/h5-9,19-20H,1-4H3. The first-order chi connectivity index (χ1) is 13.0. The molecule has 2 N–H and O–H groups in total. The largest absolute Gasteiger partial charge is 0.337 e. The van der Waals surface area contributed by atoms with E-state index >= 15 is 0 Å². The predicted octanol–water partition coefficient (Wildman–Crippen LogP) is 1.93. The van der Waals surface area contributed by atoms with Crippen LogP contribution < -0.4 is 9.44 Å². The van der Waals surface area contributed by atoms with Crippen molar-refractivity contribution in [2.45, 2.75) is 30.6 Å². The van der Waals surface area contributed by atoms with Crippen LogP contribution in [0.3, 0.4) is 0 Å². The van der Waals surface area contributed by atoms with Crippen molar-refractivity contribution in [1.82, 2.24) is 14.9 Å². The fourth-order valence-corrected chi connectivity index (χ4v) is 4.66. The van der Waals surface area contributed by atoms with E-state index in [9.17, 15) is 16.8 Å². The monoisotopic (exact) mass is 425 g/mol. The lowest BCUT2D eigenvalue weighted by Gasteiger charge is -2.09. The lowest BCUT2D eigenvalue weighted by molar-refractivity contribution is 0.430. The summed E-state index contributed by atoms with van der Waals surface area (Å²) in [5, 5.41) is 7.62. The van der Waals surface area contributed by atoms with Crippen molar-refractivity contribution in [3.05, 3.63) is 47.4 Å². The molecule has 2 aromatic heterocycles. The summed E-state index contributed by atoms with van der Waals surface area (Å²) in [6.45, 7) is 5.01. The maximum absolute atomic E-state index is 12.5. The minimum atomic E-state index is -3.91. The van der Waals surface area contributed by atoms with E-state index in [4.69, 9.17) is 4.52 Å². The Balaban J connectivity index is 1.81. The highest BCUT2D eigenvalue weighted by atomic mass is 32.2. The maximum atomic E-state index is 12.5. The van der Waals surface area contributed by atoms with E-state index in [-0.39, 0.29) is 21.4 Å². The van der Waals surface area contributed by atoms with Gasteiger partial charge in [-0.15, -0.1) is 0 Å². The van der Waals surface area contributed by atoms with Crippen LogP contribution in [-0.4, -0.2) is 31.8 Å². The van der Waals surface area contributed by atoms with Gasteiger partial charge >= 0.3 is 0 Å². The molecular formula is C16H19N5O5S2. The highest BCUT2D eigenvalue weighted by molar-refractivity contribution is 7.93. The summed E-state index contributed by atoms with van der Waals surface area (Å²) < 4.78 is 61.1. The predicted molar refractivity (Wildman–Crippen MR) is 102 cm³/mol. The zero-order valence-corrected chi connectivity index (χ0v) is 17.2.